The van der Waals surface area contributed by atoms with Crippen LogP contribution in [0.25, 0.3) is 11.1 Å². The minimum atomic E-state index is -1.05. The van der Waals surface area contributed by atoms with E-state index in [0.29, 0.717) is 0 Å². The van der Waals surface area contributed by atoms with Crippen LogP contribution in [0.15, 0.2) is 66.7 Å². The maximum atomic E-state index is 14.5. The number of hydrogen-bond donors (Lipinski definition) is 3. The van der Waals surface area contributed by atoms with E-state index in [1.54, 1.807) is 0 Å². The zero-order valence-corrected chi connectivity index (χ0v) is 18.4. The van der Waals surface area contributed by atoms with Crippen LogP contribution >= 0.6 is 0 Å². The monoisotopic (exact) mass is 462 g/mol. The van der Waals surface area contributed by atoms with Gasteiger partial charge in [0.2, 0.25) is 0 Å². The predicted molar refractivity (Wildman–Crippen MR) is 124 cm³/mol. The molecule has 1 aliphatic carbocycles. The molecule has 0 bridgehead atoms. The van der Waals surface area contributed by atoms with Gasteiger partial charge in [0.25, 0.3) is 5.91 Å². The summed E-state index contributed by atoms with van der Waals surface area (Å²) in [6, 6.07) is 18.8. The number of ether oxygens (including phenoxy) is 1. The molecule has 174 valence electrons. The fourth-order valence-corrected chi connectivity index (χ4v) is 4.12. The van der Waals surface area contributed by atoms with Gasteiger partial charge in [-0.05, 0) is 47.4 Å². The van der Waals surface area contributed by atoms with E-state index in [4.69, 9.17) is 9.84 Å². The van der Waals surface area contributed by atoms with E-state index in [9.17, 15) is 18.8 Å². The van der Waals surface area contributed by atoms with Crippen molar-refractivity contribution in [3.05, 3.63) is 89.2 Å². The third-order valence-corrected chi connectivity index (χ3v) is 5.67. The summed E-state index contributed by atoms with van der Waals surface area (Å²) in [7, 11) is 0. The van der Waals surface area contributed by atoms with Crippen molar-refractivity contribution in [3.63, 3.8) is 0 Å². The largest absolute Gasteiger partial charge is 0.481 e. The minimum absolute atomic E-state index is 0.00725. The molecule has 2 amide bonds. The molecule has 0 saturated carbocycles. The number of amides is 2. The first-order valence-corrected chi connectivity index (χ1v) is 10.8. The Bertz CT molecular complexity index is 1210. The molecule has 0 saturated heterocycles. The normalized spacial score (nSPS) is 12.9. The van der Waals surface area contributed by atoms with Crippen LogP contribution < -0.4 is 10.6 Å². The van der Waals surface area contributed by atoms with Crippen molar-refractivity contribution in [2.75, 3.05) is 11.9 Å². The molecule has 4 rings (SSSR count). The molecule has 8 heteroatoms. The number of halogens is 1. The van der Waals surface area contributed by atoms with Crippen molar-refractivity contribution in [1.82, 2.24) is 5.32 Å². The fourth-order valence-electron chi connectivity index (χ4n) is 4.12. The highest BCUT2D eigenvalue weighted by molar-refractivity contribution is 5.95. The van der Waals surface area contributed by atoms with Crippen molar-refractivity contribution in [3.8, 4) is 11.1 Å². The highest BCUT2D eigenvalue weighted by Crippen LogP contribution is 2.44. The van der Waals surface area contributed by atoms with E-state index in [1.165, 1.54) is 19.1 Å². The van der Waals surface area contributed by atoms with Gasteiger partial charge in [-0.2, -0.15) is 0 Å². The lowest BCUT2D eigenvalue weighted by atomic mass is 9.98. The lowest BCUT2D eigenvalue weighted by molar-refractivity contribution is -0.137. The Morgan fingerprint density at radius 1 is 1.00 bits per heavy atom. The summed E-state index contributed by atoms with van der Waals surface area (Å²) in [6.07, 6.45) is -1.07. The summed E-state index contributed by atoms with van der Waals surface area (Å²) >= 11 is 0. The number of hydrogen-bond acceptors (Lipinski definition) is 4. The Kier molecular flexibility index (Phi) is 6.58. The number of fused-ring (bicyclic) bond motifs is 3. The molecule has 0 fully saturated rings. The summed E-state index contributed by atoms with van der Waals surface area (Å²) in [4.78, 5) is 35.3. The van der Waals surface area contributed by atoms with Crippen LogP contribution in [0.2, 0.25) is 0 Å². The maximum absolute atomic E-state index is 14.5. The van der Waals surface area contributed by atoms with Gasteiger partial charge in [-0.3, -0.25) is 14.9 Å². The zero-order chi connectivity index (χ0) is 24.2. The molecule has 0 spiro atoms. The number of carboxylic acid groups (broad SMARTS) is 1. The Hall–Kier alpha value is -4.20. The number of aliphatic carboxylic acids is 1. The summed E-state index contributed by atoms with van der Waals surface area (Å²) in [5, 5.41) is 13.6. The van der Waals surface area contributed by atoms with E-state index < -0.39 is 29.8 Å². The molecular formula is C26H23FN2O5. The van der Waals surface area contributed by atoms with Gasteiger partial charge in [0.05, 0.1) is 12.1 Å². The van der Waals surface area contributed by atoms with Crippen LogP contribution in [0.5, 0.6) is 0 Å². The van der Waals surface area contributed by atoms with Crippen LogP contribution in [-0.2, 0) is 9.53 Å². The number of carbonyl (C=O) groups is 3. The topological polar surface area (TPSA) is 105 Å². The van der Waals surface area contributed by atoms with Crippen LogP contribution in [0.1, 0.15) is 40.7 Å². The lowest BCUT2D eigenvalue weighted by Crippen LogP contribution is -2.34. The average Bonchev–Trinajstić information content (AvgIpc) is 3.12. The van der Waals surface area contributed by atoms with Gasteiger partial charge >= 0.3 is 12.1 Å². The molecule has 1 atom stereocenters. The highest BCUT2D eigenvalue weighted by atomic mass is 19.1. The average molecular weight is 462 g/mol. The van der Waals surface area contributed by atoms with E-state index in [-0.39, 0.29) is 30.2 Å². The number of rotatable bonds is 7. The minimum Gasteiger partial charge on any atom is -0.481 e. The Balaban J connectivity index is 1.38. The van der Waals surface area contributed by atoms with Gasteiger partial charge in [-0.15, -0.1) is 0 Å². The van der Waals surface area contributed by atoms with Gasteiger partial charge in [0.15, 0.2) is 0 Å². The molecule has 0 aliphatic heterocycles. The summed E-state index contributed by atoms with van der Waals surface area (Å²) in [6.45, 7) is 1.62. The second-order valence-electron chi connectivity index (χ2n) is 8.12. The summed E-state index contributed by atoms with van der Waals surface area (Å²) < 4.78 is 19.9. The smallest absolute Gasteiger partial charge is 0.411 e. The summed E-state index contributed by atoms with van der Waals surface area (Å²) in [5.41, 5.74) is 4.21. The first-order chi connectivity index (χ1) is 16.3. The molecule has 0 heterocycles. The molecule has 3 N–H and O–H groups in total. The molecule has 0 aromatic heterocycles. The van der Waals surface area contributed by atoms with Gasteiger partial charge in [0, 0.05) is 17.5 Å². The van der Waals surface area contributed by atoms with E-state index >= 15 is 0 Å². The number of benzene rings is 3. The number of carboxylic acids is 1. The second kappa shape index (κ2) is 9.74. The molecular weight excluding hydrogens is 439 g/mol. The Labute approximate surface area is 195 Å². The third-order valence-electron chi connectivity index (χ3n) is 5.67. The molecule has 34 heavy (non-hydrogen) atoms. The predicted octanol–water partition coefficient (Wildman–Crippen LogP) is 4.78. The van der Waals surface area contributed by atoms with Crippen LogP contribution in [0.4, 0.5) is 14.9 Å². The fraction of sp³-hybridized carbons (Fsp3) is 0.192. The van der Waals surface area contributed by atoms with Crippen LogP contribution in [0, 0.1) is 5.82 Å². The Morgan fingerprint density at radius 3 is 2.21 bits per heavy atom. The van der Waals surface area contributed by atoms with Crippen molar-refractivity contribution < 1.29 is 28.6 Å². The highest BCUT2D eigenvalue weighted by Gasteiger charge is 2.29. The maximum Gasteiger partial charge on any atom is 0.411 e. The molecule has 0 unspecified atom stereocenters. The van der Waals surface area contributed by atoms with E-state index in [0.717, 1.165) is 28.3 Å². The second-order valence-corrected chi connectivity index (χ2v) is 8.12. The van der Waals surface area contributed by atoms with Gasteiger partial charge < -0.3 is 15.2 Å². The Morgan fingerprint density at radius 2 is 1.62 bits per heavy atom. The number of anilines is 1. The van der Waals surface area contributed by atoms with Gasteiger partial charge in [-0.1, -0.05) is 48.5 Å². The van der Waals surface area contributed by atoms with Crippen molar-refractivity contribution >= 4 is 23.7 Å². The third kappa shape index (κ3) is 4.91. The first-order valence-electron chi connectivity index (χ1n) is 10.8. The SMILES string of the molecule is C[C@@H](CC(=O)O)NC(=O)c1ccc(NC(=O)OCC2c3ccccc3-c3ccccc32)c(F)c1. The number of carbonyl (C=O) groups excluding carboxylic acids is 2. The van der Waals surface area contributed by atoms with Crippen LogP contribution in [-0.4, -0.2) is 35.7 Å². The zero-order valence-electron chi connectivity index (χ0n) is 18.4. The summed E-state index contributed by atoms with van der Waals surface area (Å²) in [5.74, 6) is -2.60. The molecule has 1 aliphatic rings. The van der Waals surface area contributed by atoms with Crippen molar-refractivity contribution in [2.24, 2.45) is 0 Å². The van der Waals surface area contributed by atoms with Crippen molar-refractivity contribution in [2.45, 2.75) is 25.3 Å². The van der Waals surface area contributed by atoms with E-state index in [1.807, 2.05) is 48.5 Å². The number of nitrogens with one attached hydrogen (secondary N) is 2. The molecule has 0 radical (unpaired) electrons. The quantitative estimate of drug-likeness (QED) is 0.469. The first kappa shape index (κ1) is 23.0. The van der Waals surface area contributed by atoms with Gasteiger partial charge in [0.1, 0.15) is 12.4 Å². The lowest BCUT2D eigenvalue weighted by Gasteiger charge is -2.15. The molecule has 3 aromatic carbocycles. The molecule has 3 aromatic rings. The van der Waals surface area contributed by atoms with E-state index in [2.05, 4.69) is 10.6 Å². The molecule has 7 nitrogen and oxygen atoms in total. The van der Waals surface area contributed by atoms with Crippen LogP contribution in [0.3, 0.4) is 0 Å². The van der Waals surface area contributed by atoms with Gasteiger partial charge in [-0.25, -0.2) is 9.18 Å². The standard InChI is InChI=1S/C26H23FN2O5/c1-15(12-24(30)31)28-25(32)16-10-11-23(22(27)13-16)29-26(33)34-14-21-19-8-4-2-6-17(19)18-7-3-5-9-20(18)21/h2-11,13,15,21H,12,14H2,1H3,(H,28,32)(H,29,33)(H,30,31)/t15-/m0/s1. The van der Waals surface area contributed by atoms with Crippen molar-refractivity contribution in [1.29, 1.82) is 0 Å².